The predicted molar refractivity (Wildman–Crippen MR) is 128 cm³/mol. The highest BCUT2D eigenvalue weighted by atomic mass is 35.5. The number of nitrogens with zero attached hydrogens (tertiary/aromatic N) is 2. The van der Waals surface area contributed by atoms with Crippen molar-refractivity contribution in [2.75, 3.05) is 24.4 Å². The second-order valence-electron chi connectivity index (χ2n) is 7.62. The molecule has 0 atom stereocenters. The molecule has 0 unspecified atom stereocenters. The molecule has 3 aromatic rings. The predicted octanol–water partition coefficient (Wildman–Crippen LogP) is 3.96. The highest BCUT2D eigenvalue weighted by Crippen LogP contribution is 2.28. The van der Waals surface area contributed by atoms with E-state index in [0.29, 0.717) is 29.4 Å². The molecule has 0 fully saturated rings. The molecule has 3 rings (SSSR count). The molecule has 10 heteroatoms. The van der Waals surface area contributed by atoms with Gasteiger partial charge in [-0.3, -0.25) is 9.59 Å². The van der Waals surface area contributed by atoms with E-state index in [0.717, 1.165) is 11.1 Å². The van der Waals surface area contributed by atoms with Crippen molar-refractivity contribution in [3.63, 3.8) is 0 Å². The number of amides is 2. The molecule has 0 aliphatic carbocycles. The van der Waals surface area contributed by atoms with Gasteiger partial charge in [-0.05, 0) is 37.6 Å². The maximum absolute atomic E-state index is 12.6. The number of aromatic nitrogens is 2. The summed E-state index contributed by atoms with van der Waals surface area (Å²) in [7, 11) is 1.45. The lowest BCUT2D eigenvalue weighted by Crippen LogP contribution is -2.21. The van der Waals surface area contributed by atoms with Crippen LogP contribution in [0.4, 0.5) is 11.4 Å². The third kappa shape index (κ3) is 6.14. The van der Waals surface area contributed by atoms with Crippen LogP contribution in [0.15, 0.2) is 42.5 Å². The van der Waals surface area contributed by atoms with Crippen molar-refractivity contribution >= 4 is 40.8 Å². The summed E-state index contributed by atoms with van der Waals surface area (Å²) in [5.74, 6) is -1.23. The van der Waals surface area contributed by atoms with Crippen LogP contribution in [-0.2, 0) is 20.9 Å². The second kappa shape index (κ2) is 10.8. The molecule has 0 radical (unpaired) electrons. The molecule has 34 heavy (non-hydrogen) atoms. The van der Waals surface area contributed by atoms with E-state index in [1.807, 2.05) is 31.2 Å². The molecule has 0 aliphatic rings. The average molecular weight is 485 g/mol. The highest BCUT2D eigenvalue weighted by molar-refractivity contribution is 6.32. The van der Waals surface area contributed by atoms with Crippen LogP contribution in [0.2, 0.25) is 5.15 Å². The van der Waals surface area contributed by atoms with E-state index in [9.17, 15) is 14.4 Å². The number of benzene rings is 2. The van der Waals surface area contributed by atoms with Gasteiger partial charge in [-0.25, -0.2) is 9.48 Å². The van der Waals surface area contributed by atoms with Crippen LogP contribution in [0.3, 0.4) is 0 Å². The third-order valence-corrected chi connectivity index (χ3v) is 5.23. The number of esters is 1. The van der Waals surface area contributed by atoms with Gasteiger partial charge in [0.25, 0.3) is 5.91 Å². The first-order valence-corrected chi connectivity index (χ1v) is 10.8. The van der Waals surface area contributed by atoms with E-state index >= 15 is 0 Å². The Bertz CT molecular complexity index is 1220. The number of nitrogens with one attached hydrogen (secondary N) is 2. The quantitative estimate of drug-likeness (QED) is 0.468. The molecule has 178 valence electrons. The van der Waals surface area contributed by atoms with Crippen LogP contribution >= 0.6 is 11.6 Å². The van der Waals surface area contributed by atoms with Gasteiger partial charge < -0.3 is 20.1 Å². The molecular formula is C24H25ClN4O5. The first-order valence-electron chi connectivity index (χ1n) is 10.4. The van der Waals surface area contributed by atoms with Gasteiger partial charge in [-0.2, -0.15) is 5.10 Å². The smallest absolute Gasteiger partial charge is 0.343 e. The monoisotopic (exact) mass is 484 g/mol. The first-order chi connectivity index (χ1) is 16.2. The molecule has 0 spiro atoms. The van der Waals surface area contributed by atoms with Gasteiger partial charge in [0, 0.05) is 12.6 Å². The zero-order valence-corrected chi connectivity index (χ0v) is 20.0. The van der Waals surface area contributed by atoms with Crippen LogP contribution in [0.1, 0.15) is 34.1 Å². The van der Waals surface area contributed by atoms with Gasteiger partial charge in [0.15, 0.2) is 6.61 Å². The lowest BCUT2D eigenvalue weighted by atomic mass is 10.1. The standard InChI is InChI=1S/C24H25ClN4O5/c1-14-5-7-17(8-6-14)12-29-23(25)22(15(2)28-29)24(32)34-13-21(31)27-19-11-18(26-16(3)30)9-10-20(19)33-4/h5-11H,12-13H2,1-4H3,(H,26,30)(H,27,31). The Labute approximate surface area is 202 Å². The average Bonchev–Trinajstić information content (AvgIpc) is 3.06. The van der Waals surface area contributed by atoms with Crippen molar-refractivity contribution in [1.82, 2.24) is 9.78 Å². The van der Waals surface area contributed by atoms with Crippen LogP contribution in [0, 0.1) is 13.8 Å². The van der Waals surface area contributed by atoms with Crippen molar-refractivity contribution in [2.45, 2.75) is 27.3 Å². The fraction of sp³-hybridized carbons (Fsp3) is 0.250. The molecule has 2 N–H and O–H groups in total. The van der Waals surface area contributed by atoms with Gasteiger partial charge in [0.2, 0.25) is 5.91 Å². The fourth-order valence-corrected chi connectivity index (χ4v) is 3.54. The zero-order chi connectivity index (χ0) is 24.8. The van der Waals surface area contributed by atoms with Crippen LogP contribution < -0.4 is 15.4 Å². The minimum Gasteiger partial charge on any atom is -0.495 e. The van der Waals surface area contributed by atoms with Crippen LogP contribution in [0.5, 0.6) is 5.75 Å². The molecule has 0 saturated heterocycles. The highest BCUT2D eigenvalue weighted by Gasteiger charge is 2.23. The van der Waals surface area contributed by atoms with Gasteiger partial charge in [-0.15, -0.1) is 0 Å². The number of ether oxygens (including phenoxy) is 2. The topological polar surface area (TPSA) is 112 Å². The summed E-state index contributed by atoms with van der Waals surface area (Å²) in [5, 5.41) is 9.69. The number of halogens is 1. The maximum atomic E-state index is 12.6. The van der Waals surface area contributed by atoms with Gasteiger partial charge in [0.1, 0.15) is 16.5 Å². The lowest BCUT2D eigenvalue weighted by Gasteiger charge is -2.12. The number of anilines is 2. The Kier molecular flexibility index (Phi) is 7.91. The lowest BCUT2D eigenvalue weighted by molar-refractivity contribution is -0.119. The molecular weight excluding hydrogens is 460 g/mol. The van der Waals surface area contributed by atoms with Crippen LogP contribution in [-0.4, -0.2) is 41.3 Å². The third-order valence-electron chi connectivity index (χ3n) is 4.85. The summed E-state index contributed by atoms with van der Waals surface area (Å²) in [5.41, 5.74) is 3.40. The number of hydrogen-bond donors (Lipinski definition) is 2. The van der Waals surface area contributed by atoms with E-state index < -0.39 is 18.5 Å². The van der Waals surface area contributed by atoms with Gasteiger partial charge in [-0.1, -0.05) is 41.4 Å². The summed E-state index contributed by atoms with van der Waals surface area (Å²) >= 11 is 6.40. The van der Waals surface area contributed by atoms with Crippen molar-refractivity contribution < 1.29 is 23.9 Å². The van der Waals surface area contributed by atoms with Gasteiger partial charge in [0.05, 0.1) is 25.0 Å². The normalized spacial score (nSPS) is 10.5. The Balaban J connectivity index is 1.65. The van der Waals surface area contributed by atoms with E-state index in [4.69, 9.17) is 21.1 Å². The maximum Gasteiger partial charge on any atom is 0.343 e. The van der Waals surface area contributed by atoms with Crippen molar-refractivity contribution in [2.24, 2.45) is 0 Å². The fourth-order valence-electron chi connectivity index (χ4n) is 3.23. The van der Waals surface area contributed by atoms with Crippen molar-refractivity contribution in [3.05, 3.63) is 70.0 Å². The minimum absolute atomic E-state index is 0.104. The minimum atomic E-state index is -0.758. The number of hydrogen-bond acceptors (Lipinski definition) is 6. The van der Waals surface area contributed by atoms with Crippen LogP contribution in [0.25, 0.3) is 0 Å². The molecule has 1 aromatic heterocycles. The van der Waals surface area contributed by atoms with E-state index in [1.54, 1.807) is 19.1 Å². The second-order valence-corrected chi connectivity index (χ2v) is 7.97. The first kappa shape index (κ1) is 24.8. The number of carbonyl (C=O) groups is 3. The Hall–Kier alpha value is -3.85. The Morgan fingerprint density at radius 2 is 1.76 bits per heavy atom. The Morgan fingerprint density at radius 3 is 2.41 bits per heavy atom. The molecule has 0 aliphatic heterocycles. The number of methoxy groups -OCH3 is 1. The molecule has 2 amide bonds. The number of carbonyl (C=O) groups excluding carboxylic acids is 3. The number of aryl methyl sites for hydroxylation is 2. The van der Waals surface area contributed by atoms with E-state index in [1.165, 1.54) is 24.8 Å². The summed E-state index contributed by atoms with van der Waals surface area (Å²) in [6, 6.07) is 12.6. The summed E-state index contributed by atoms with van der Waals surface area (Å²) in [6.45, 7) is 4.85. The van der Waals surface area contributed by atoms with Crippen molar-refractivity contribution in [1.29, 1.82) is 0 Å². The van der Waals surface area contributed by atoms with E-state index in [-0.39, 0.29) is 16.6 Å². The zero-order valence-electron chi connectivity index (χ0n) is 19.3. The molecule has 2 aromatic carbocycles. The summed E-state index contributed by atoms with van der Waals surface area (Å²) in [6.07, 6.45) is 0. The molecule has 0 bridgehead atoms. The Morgan fingerprint density at radius 1 is 1.06 bits per heavy atom. The molecule has 0 saturated carbocycles. The summed E-state index contributed by atoms with van der Waals surface area (Å²) in [4.78, 5) is 36.3. The van der Waals surface area contributed by atoms with Gasteiger partial charge >= 0.3 is 5.97 Å². The summed E-state index contributed by atoms with van der Waals surface area (Å²) < 4.78 is 11.9. The van der Waals surface area contributed by atoms with Crippen molar-refractivity contribution in [3.8, 4) is 5.75 Å². The number of rotatable bonds is 8. The molecule has 9 nitrogen and oxygen atoms in total. The SMILES string of the molecule is COc1ccc(NC(C)=O)cc1NC(=O)COC(=O)c1c(C)nn(Cc2ccc(C)cc2)c1Cl. The van der Waals surface area contributed by atoms with E-state index in [2.05, 4.69) is 15.7 Å². The largest absolute Gasteiger partial charge is 0.495 e. The molecule has 1 heterocycles.